The number of nitrogens with zero attached hydrogens (tertiary/aromatic N) is 5. The molecule has 204 valence electrons. The number of hydrogen-bond donors (Lipinski definition) is 3. The van der Waals surface area contributed by atoms with Gasteiger partial charge >= 0.3 is 11.1 Å². The molecule has 1 aliphatic rings. The first-order valence-corrected chi connectivity index (χ1v) is 12.6. The lowest BCUT2D eigenvalue weighted by Crippen LogP contribution is -2.42. The van der Waals surface area contributed by atoms with Gasteiger partial charge in [0, 0.05) is 58.2 Å². The summed E-state index contributed by atoms with van der Waals surface area (Å²) in [5.41, 5.74) is 5.62. The molecule has 1 saturated heterocycles. The number of nitrogens with two attached hydrogens (primary N) is 1. The number of anilines is 3. The maximum absolute atomic E-state index is 13.6. The second-order valence-electron chi connectivity index (χ2n) is 9.02. The highest BCUT2D eigenvalue weighted by Crippen LogP contribution is 2.31. The van der Waals surface area contributed by atoms with Crippen LogP contribution in [0.15, 0.2) is 34.0 Å². The summed E-state index contributed by atoms with van der Waals surface area (Å²) in [5.74, 6) is -2.45. The maximum Gasteiger partial charge on any atom is 0.316 e. The van der Waals surface area contributed by atoms with E-state index < -0.39 is 17.0 Å². The third kappa shape index (κ3) is 5.94. The van der Waals surface area contributed by atoms with Crippen LogP contribution in [-0.2, 0) is 17.9 Å². The van der Waals surface area contributed by atoms with E-state index in [0.717, 1.165) is 0 Å². The van der Waals surface area contributed by atoms with E-state index in [0.29, 0.717) is 29.7 Å². The Kier molecular flexibility index (Phi) is 8.26. The first-order valence-electron chi connectivity index (χ1n) is 12.2. The monoisotopic (exact) mass is 550 g/mol. The largest absolute Gasteiger partial charge is 0.359 e. The van der Waals surface area contributed by atoms with E-state index in [1.807, 2.05) is 0 Å². The van der Waals surface area contributed by atoms with Gasteiger partial charge in [-0.25, -0.2) is 13.8 Å². The van der Waals surface area contributed by atoms with Crippen LogP contribution in [0, 0.1) is 0 Å². The first kappa shape index (κ1) is 27.5. The SMILES string of the molecule is CNC(=O)CCn1c(=O)c(=O)n(CCCN)c2ccc(Nc3nc(N4CCC(F)(F)CC4)ncc3Cl)cc21. The predicted octanol–water partition coefficient (Wildman–Crippen LogP) is 2.07. The zero-order chi connectivity index (χ0) is 27.4. The van der Waals surface area contributed by atoms with Crippen LogP contribution >= 0.6 is 11.6 Å². The standard InChI is InChI=1S/C24H29ClF2N8O3/c1-29-19(36)5-10-35-18-13-15(3-4-17(18)34(9-2-8-28)21(37)22(35)38)31-20-16(25)14-30-23(32-20)33-11-6-24(26,27)7-12-33/h3-4,13-14H,2,5-12,28H2,1H3,(H,29,36)(H,30,31,32). The molecule has 11 nitrogen and oxygen atoms in total. The summed E-state index contributed by atoms with van der Waals surface area (Å²) in [7, 11) is 1.49. The molecule has 0 radical (unpaired) electrons. The first-order chi connectivity index (χ1) is 18.1. The maximum atomic E-state index is 13.6. The highest BCUT2D eigenvalue weighted by atomic mass is 35.5. The Morgan fingerprint density at radius 1 is 1.13 bits per heavy atom. The van der Waals surface area contributed by atoms with Gasteiger partial charge in [0.1, 0.15) is 5.02 Å². The number of amides is 1. The van der Waals surface area contributed by atoms with Crippen LogP contribution in [0.1, 0.15) is 25.7 Å². The van der Waals surface area contributed by atoms with Gasteiger partial charge in [-0.15, -0.1) is 0 Å². The molecule has 0 aliphatic carbocycles. The highest BCUT2D eigenvalue weighted by Gasteiger charge is 2.35. The van der Waals surface area contributed by atoms with Crippen molar-refractivity contribution in [3.05, 3.63) is 50.1 Å². The van der Waals surface area contributed by atoms with Crippen LogP contribution in [0.3, 0.4) is 0 Å². The minimum atomic E-state index is -2.70. The fourth-order valence-electron chi connectivity index (χ4n) is 4.30. The third-order valence-corrected chi connectivity index (χ3v) is 6.71. The Morgan fingerprint density at radius 2 is 1.82 bits per heavy atom. The molecule has 38 heavy (non-hydrogen) atoms. The number of rotatable bonds is 9. The highest BCUT2D eigenvalue weighted by molar-refractivity contribution is 6.32. The zero-order valence-corrected chi connectivity index (χ0v) is 21.6. The van der Waals surface area contributed by atoms with E-state index in [9.17, 15) is 23.2 Å². The van der Waals surface area contributed by atoms with E-state index in [1.165, 1.54) is 22.4 Å². The van der Waals surface area contributed by atoms with Crippen molar-refractivity contribution in [3.8, 4) is 0 Å². The average Bonchev–Trinajstić information content (AvgIpc) is 2.90. The number of fused-ring (bicyclic) bond motifs is 1. The summed E-state index contributed by atoms with van der Waals surface area (Å²) in [5, 5.41) is 5.81. The minimum Gasteiger partial charge on any atom is -0.359 e. The van der Waals surface area contributed by atoms with Crippen molar-refractivity contribution in [1.82, 2.24) is 24.4 Å². The Balaban J connectivity index is 1.72. The zero-order valence-electron chi connectivity index (χ0n) is 20.8. The number of halogens is 3. The molecule has 4 N–H and O–H groups in total. The number of carbonyl (C=O) groups excluding carboxylic acids is 1. The van der Waals surface area contributed by atoms with Gasteiger partial charge < -0.3 is 30.4 Å². The molecule has 0 spiro atoms. The average molecular weight is 551 g/mol. The summed E-state index contributed by atoms with van der Waals surface area (Å²) in [4.78, 5) is 48.0. The number of benzene rings is 1. The number of nitrogens with one attached hydrogen (secondary N) is 2. The molecule has 1 aliphatic heterocycles. The number of aryl methyl sites for hydroxylation is 2. The molecule has 0 unspecified atom stereocenters. The molecular formula is C24H29ClF2N8O3. The van der Waals surface area contributed by atoms with Crippen molar-refractivity contribution in [2.75, 3.05) is 36.9 Å². The summed E-state index contributed by atoms with van der Waals surface area (Å²) in [6.07, 6.45) is 1.32. The Labute approximate surface area is 221 Å². The molecule has 1 aromatic carbocycles. The molecule has 14 heteroatoms. The van der Waals surface area contributed by atoms with Gasteiger partial charge in [-0.3, -0.25) is 14.4 Å². The van der Waals surface area contributed by atoms with Crippen LogP contribution in [0.4, 0.5) is 26.2 Å². The topological polar surface area (TPSA) is 140 Å². The minimum absolute atomic E-state index is 0.00341. The van der Waals surface area contributed by atoms with Crippen LogP contribution < -0.4 is 32.4 Å². The van der Waals surface area contributed by atoms with Crippen LogP contribution in [-0.4, -0.2) is 57.6 Å². The molecule has 3 aromatic rings. The lowest BCUT2D eigenvalue weighted by Gasteiger charge is -2.31. The third-order valence-electron chi connectivity index (χ3n) is 6.43. The fourth-order valence-corrected chi connectivity index (χ4v) is 4.43. The van der Waals surface area contributed by atoms with Gasteiger partial charge in [0.15, 0.2) is 5.82 Å². The van der Waals surface area contributed by atoms with Gasteiger partial charge in [-0.2, -0.15) is 4.98 Å². The van der Waals surface area contributed by atoms with E-state index in [-0.39, 0.29) is 68.1 Å². The number of piperidine rings is 1. The van der Waals surface area contributed by atoms with Crippen LogP contribution in [0.2, 0.25) is 5.02 Å². The Morgan fingerprint density at radius 3 is 2.47 bits per heavy atom. The van der Waals surface area contributed by atoms with Crippen LogP contribution in [0.25, 0.3) is 11.0 Å². The van der Waals surface area contributed by atoms with Crippen molar-refractivity contribution in [2.24, 2.45) is 5.73 Å². The lowest BCUT2D eigenvalue weighted by atomic mass is 10.1. The van der Waals surface area contributed by atoms with Crippen molar-refractivity contribution >= 4 is 46.0 Å². The molecular weight excluding hydrogens is 522 g/mol. The van der Waals surface area contributed by atoms with Gasteiger partial charge in [-0.1, -0.05) is 11.6 Å². The smallest absolute Gasteiger partial charge is 0.316 e. The van der Waals surface area contributed by atoms with Crippen LogP contribution in [0.5, 0.6) is 0 Å². The molecule has 0 saturated carbocycles. The molecule has 2 aromatic heterocycles. The lowest BCUT2D eigenvalue weighted by molar-refractivity contribution is -0.120. The number of carbonyl (C=O) groups is 1. The van der Waals surface area contributed by atoms with E-state index in [1.54, 1.807) is 23.1 Å². The van der Waals surface area contributed by atoms with E-state index in [2.05, 4.69) is 20.6 Å². The van der Waals surface area contributed by atoms with Crippen molar-refractivity contribution < 1.29 is 13.6 Å². The van der Waals surface area contributed by atoms with Gasteiger partial charge in [0.25, 0.3) is 5.92 Å². The normalized spacial score (nSPS) is 15.0. The summed E-state index contributed by atoms with van der Waals surface area (Å²) >= 11 is 6.33. The molecule has 0 bridgehead atoms. The molecule has 0 atom stereocenters. The van der Waals surface area contributed by atoms with Gasteiger partial charge in [0.05, 0.1) is 17.2 Å². The van der Waals surface area contributed by atoms with Crippen molar-refractivity contribution in [2.45, 2.75) is 44.7 Å². The second-order valence-corrected chi connectivity index (χ2v) is 9.42. The number of hydrogen-bond acceptors (Lipinski definition) is 8. The Bertz CT molecular complexity index is 1450. The number of alkyl halides is 2. The van der Waals surface area contributed by atoms with Gasteiger partial charge in [0.2, 0.25) is 11.9 Å². The summed E-state index contributed by atoms with van der Waals surface area (Å²) < 4.78 is 29.8. The quantitative estimate of drug-likeness (QED) is 0.344. The second kappa shape index (κ2) is 11.4. The molecule has 1 amide bonds. The van der Waals surface area contributed by atoms with Gasteiger partial charge in [-0.05, 0) is 31.2 Å². The van der Waals surface area contributed by atoms with Crippen molar-refractivity contribution in [1.29, 1.82) is 0 Å². The molecule has 1 fully saturated rings. The fraction of sp³-hybridized carbons (Fsp3) is 0.458. The summed E-state index contributed by atoms with van der Waals surface area (Å²) in [6, 6.07) is 5.06. The van der Waals surface area contributed by atoms with Crippen molar-refractivity contribution in [3.63, 3.8) is 0 Å². The molecule has 4 rings (SSSR count). The van der Waals surface area contributed by atoms with E-state index >= 15 is 0 Å². The predicted molar refractivity (Wildman–Crippen MR) is 142 cm³/mol. The molecule has 3 heterocycles. The summed E-state index contributed by atoms with van der Waals surface area (Å²) in [6.45, 7) is 0.837. The van der Waals surface area contributed by atoms with E-state index in [4.69, 9.17) is 17.3 Å². The Hall–Kier alpha value is -3.58. The number of aromatic nitrogens is 4.